The molecule has 8 nitrogen and oxygen atoms in total. The Morgan fingerprint density at radius 2 is 1.92 bits per heavy atom. The minimum atomic E-state index is -1.20. The second kappa shape index (κ2) is 7.47. The number of nitro benzene ring substituents is 1. The highest BCUT2D eigenvalue weighted by molar-refractivity contribution is 7.99. The molecular formula is C16H16N2O6S. The summed E-state index contributed by atoms with van der Waals surface area (Å²) >= 11 is 1.26. The third kappa shape index (κ3) is 3.55. The summed E-state index contributed by atoms with van der Waals surface area (Å²) in [6.45, 7) is 2.09. The van der Waals surface area contributed by atoms with E-state index >= 15 is 0 Å². The van der Waals surface area contributed by atoms with Crippen molar-refractivity contribution in [1.82, 2.24) is 4.90 Å². The molecular weight excluding hydrogens is 348 g/mol. The molecule has 1 aliphatic heterocycles. The van der Waals surface area contributed by atoms with Crippen molar-refractivity contribution < 1.29 is 24.4 Å². The molecule has 1 N–H and O–H groups in total. The number of hydrogen-bond donors (Lipinski definition) is 1. The predicted octanol–water partition coefficient (Wildman–Crippen LogP) is 2.10. The lowest BCUT2D eigenvalue weighted by Gasteiger charge is -2.23. The highest BCUT2D eigenvalue weighted by Gasteiger charge is 2.41. The van der Waals surface area contributed by atoms with Crippen LogP contribution in [-0.4, -0.2) is 50.8 Å². The van der Waals surface area contributed by atoms with Crippen molar-refractivity contribution in [1.29, 1.82) is 0 Å². The van der Waals surface area contributed by atoms with Crippen LogP contribution in [0.25, 0.3) is 0 Å². The van der Waals surface area contributed by atoms with Gasteiger partial charge in [0.15, 0.2) is 5.78 Å². The molecule has 0 saturated carbocycles. The Morgan fingerprint density at radius 1 is 1.32 bits per heavy atom. The first kappa shape index (κ1) is 18.7. The highest BCUT2D eigenvalue weighted by atomic mass is 32.2. The van der Waals surface area contributed by atoms with Crippen LogP contribution in [0, 0.1) is 10.1 Å². The molecule has 0 unspecified atom stereocenters. The fraction of sp³-hybridized carbons (Fsp3) is 0.312. The van der Waals surface area contributed by atoms with Gasteiger partial charge in [0.2, 0.25) is 0 Å². The molecule has 1 aliphatic rings. The van der Waals surface area contributed by atoms with Gasteiger partial charge in [-0.25, -0.2) is 0 Å². The number of thioether (sulfide) groups is 1. The summed E-state index contributed by atoms with van der Waals surface area (Å²) in [7, 11) is 0. The van der Waals surface area contributed by atoms with Gasteiger partial charge in [0.25, 0.3) is 11.6 Å². The van der Waals surface area contributed by atoms with Crippen molar-refractivity contribution >= 4 is 35.1 Å². The third-order valence-electron chi connectivity index (χ3n) is 3.85. The van der Waals surface area contributed by atoms with Gasteiger partial charge in [0.1, 0.15) is 5.37 Å². The molecule has 2 rings (SSSR count). The van der Waals surface area contributed by atoms with Crippen LogP contribution in [0.3, 0.4) is 0 Å². The van der Waals surface area contributed by atoms with E-state index in [0.717, 1.165) is 0 Å². The van der Waals surface area contributed by atoms with Crippen molar-refractivity contribution in [3.8, 4) is 0 Å². The van der Waals surface area contributed by atoms with Gasteiger partial charge in [-0.1, -0.05) is 0 Å². The minimum Gasteiger partial charge on any atom is -0.481 e. The molecule has 0 bridgehead atoms. The molecule has 0 saturated heterocycles. The fourth-order valence-corrected chi connectivity index (χ4v) is 3.70. The van der Waals surface area contributed by atoms with E-state index in [9.17, 15) is 24.5 Å². The number of hydrogen-bond acceptors (Lipinski definition) is 6. The van der Waals surface area contributed by atoms with Gasteiger partial charge in [-0.2, -0.15) is 0 Å². The lowest BCUT2D eigenvalue weighted by molar-refractivity contribution is -0.384. The minimum absolute atomic E-state index is 0.0305. The summed E-state index contributed by atoms with van der Waals surface area (Å²) in [5, 5.41) is 19.2. The summed E-state index contributed by atoms with van der Waals surface area (Å²) in [6, 6.07) is 5.02. The number of rotatable bonds is 7. The smallest absolute Gasteiger partial charge is 0.308 e. The number of amides is 1. The zero-order valence-corrected chi connectivity index (χ0v) is 14.4. The zero-order valence-electron chi connectivity index (χ0n) is 13.6. The van der Waals surface area contributed by atoms with Crippen LogP contribution in [0.15, 0.2) is 35.4 Å². The lowest BCUT2D eigenvalue weighted by atomic mass is 9.98. The molecule has 132 valence electrons. The number of non-ortho nitro benzene ring substituents is 1. The second-order valence-corrected chi connectivity index (χ2v) is 6.19. The summed E-state index contributed by atoms with van der Waals surface area (Å²) in [5.74, 6) is -2.15. The Kier molecular flexibility index (Phi) is 5.58. The van der Waals surface area contributed by atoms with Gasteiger partial charge < -0.3 is 10.0 Å². The zero-order chi connectivity index (χ0) is 18.7. The van der Waals surface area contributed by atoms with E-state index < -0.39 is 34.4 Å². The number of carbonyl (C=O) groups is 3. The molecule has 1 amide bonds. The summed E-state index contributed by atoms with van der Waals surface area (Å²) < 4.78 is 0. The van der Waals surface area contributed by atoms with Gasteiger partial charge in [0, 0.05) is 35.4 Å². The maximum atomic E-state index is 12.9. The molecule has 1 atom stereocenters. The van der Waals surface area contributed by atoms with Gasteiger partial charge in [-0.15, -0.1) is 11.8 Å². The average molecular weight is 364 g/mol. The van der Waals surface area contributed by atoms with Crippen LogP contribution < -0.4 is 0 Å². The number of carboxylic acid groups (broad SMARTS) is 1. The molecule has 9 heteroatoms. The van der Waals surface area contributed by atoms with Crippen LogP contribution in [0.4, 0.5) is 5.69 Å². The van der Waals surface area contributed by atoms with Crippen LogP contribution in [0.5, 0.6) is 0 Å². The highest BCUT2D eigenvalue weighted by Crippen LogP contribution is 2.35. The van der Waals surface area contributed by atoms with E-state index in [1.165, 1.54) is 40.9 Å². The fourth-order valence-electron chi connectivity index (χ4n) is 2.72. The number of benzene rings is 1. The van der Waals surface area contributed by atoms with E-state index in [2.05, 4.69) is 0 Å². The standard InChI is InChI=1S/C16H16N2O6S/c1-3-17-15(22)11(8-12(19)20)13(16(17)25-2)14(21)9-4-6-10(7-5-9)18(23)24/h4-7,16H,3,8H2,1-2H3,(H,19,20)/t16-/m0/s1. The van der Waals surface area contributed by atoms with Crippen molar-refractivity contribution in [3.05, 3.63) is 51.1 Å². The Hall–Kier alpha value is -2.68. The summed E-state index contributed by atoms with van der Waals surface area (Å²) in [5.41, 5.74) is 0.122. The van der Waals surface area contributed by atoms with E-state index in [-0.39, 0.29) is 22.4 Å². The number of carbonyl (C=O) groups excluding carboxylic acids is 2. The van der Waals surface area contributed by atoms with Gasteiger partial charge >= 0.3 is 5.97 Å². The second-order valence-electron chi connectivity index (χ2n) is 5.28. The van der Waals surface area contributed by atoms with Crippen molar-refractivity contribution in [2.24, 2.45) is 0 Å². The quantitative estimate of drug-likeness (QED) is 0.447. The van der Waals surface area contributed by atoms with E-state index in [0.29, 0.717) is 6.54 Å². The largest absolute Gasteiger partial charge is 0.481 e. The molecule has 0 aliphatic carbocycles. The number of nitro groups is 1. The molecule has 25 heavy (non-hydrogen) atoms. The van der Waals surface area contributed by atoms with E-state index in [1.54, 1.807) is 13.2 Å². The maximum absolute atomic E-state index is 12.9. The van der Waals surface area contributed by atoms with E-state index in [1.807, 2.05) is 0 Å². The molecule has 1 heterocycles. The van der Waals surface area contributed by atoms with Crippen LogP contribution in [0.1, 0.15) is 23.7 Å². The maximum Gasteiger partial charge on any atom is 0.308 e. The Labute approximate surface area is 147 Å². The number of likely N-dealkylation sites (N-methyl/N-ethyl adjacent to an activating group) is 1. The Bertz CT molecular complexity index is 771. The summed E-state index contributed by atoms with van der Waals surface area (Å²) in [4.78, 5) is 48.1. The molecule has 0 spiro atoms. The van der Waals surface area contributed by atoms with Crippen LogP contribution >= 0.6 is 11.8 Å². The number of nitrogens with zero attached hydrogens (tertiary/aromatic N) is 2. The summed E-state index contributed by atoms with van der Waals surface area (Å²) in [6.07, 6.45) is 1.19. The Morgan fingerprint density at radius 3 is 2.36 bits per heavy atom. The molecule has 1 aromatic rings. The Balaban J connectivity index is 2.50. The molecule has 0 radical (unpaired) electrons. The van der Waals surface area contributed by atoms with Gasteiger partial charge in [0.05, 0.1) is 11.3 Å². The van der Waals surface area contributed by atoms with Crippen LogP contribution in [0.2, 0.25) is 0 Å². The van der Waals surface area contributed by atoms with Crippen molar-refractivity contribution in [3.63, 3.8) is 0 Å². The monoisotopic (exact) mass is 364 g/mol. The topological polar surface area (TPSA) is 118 Å². The predicted molar refractivity (Wildman–Crippen MR) is 91.4 cm³/mol. The van der Waals surface area contributed by atoms with Gasteiger partial charge in [-0.05, 0) is 25.3 Å². The van der Waals surface area contributed by atoms with Crippen molar-refractivity contribution in [2.75, 3.05) is 12.8 Å². The first-order valence-corrected chi connectivity index (χ1v) is 8.68. The van der Waals surface area contributed by atoms with Gasteiger partial charge in [-0.3, -0.25) is 24.5 Å². The first-order chi connectivity index (χ1) is 11.8. The SMILES string of the molecule is CCN1C(=O)C(CC(=O)O)=C(C(=O)c2ccc([N+](=O)[O-])cc2)[C@@H]1SC. The number of aliphatic carboxylic acids is 1. The number of Topliss-reactive ketones (excluding diaryl/α,β-unsaturated/α-hetero) is 1. The molecule has 1 aromatic carbocycles. The van der Waals surface area contributed by atoms with Crippen LogP contribution in [-0.2, 0) is 9.59 Å². The lowest BCUT2D eigenvalue weighted by Crippen LogP contribution is -2.34. The number of carboxylic acids is 1. The average Bonchev–Trinajstić information content (AvgIpc) is 2.85. The normalized spacial score (nSPS) is 17.1. The number of ketones is 1. The third-order valence-corrected chi connectivity index (χ3v) is 4.79. The molecule has 0 aromatic heterocycles. The van der Waals surface area contributed by atoms with E-state index in [4.69, 9.17) is 5.11 Å². The van der Waals surface area contributed by atoms with Crippen molar-refractivity contribution in [2.45, 2.75) is 18.7 Å². The first-order valence-electron chi connectivity index (χ1n) is 7.39. The molecule has 0 fully saturated rings.